The third-order valence-electron chi connectivity index (χ3n) is 5.55. The van der Waals surface area contributed by atoms with Crippen molar-refractivity contribution in [3.8, 4) is 0 Å². The fourth-order valence-electron chi connectivity index (χ4n) is 4.23. The minimum atomic E-state index is -0.182. The monoisotopic (exact) mass is 375 g/mol. The molecule has 2 aliphatic heterocycles. The van der Waals surface area contributed by atoms with Gasteiger partial charge in [-0.2, -0.15) is 0 Å². The molecular weight excluding hydrogens is 354 g/mol. The number of carbonyl (C=O) groups excluding carboxylic acids is 1. The quantitative estimate of drug-likeness (QED) is 0.574. The molecule has 2 aromatic carbocycles. The first-order valence-corrected chi connectivity index (χ1v) is 10.3. The van der Waals surface area contributed by atoms with E-state index in [2.05, 4.69) is 36.4 Å². The number of nitrogens with zero attached hydrogens (tertiary/aromatic N) is 1. The molecule has 2 aliphatic rings. The summed E-state index contributed by atoms with van der Waals surface area (Å²) in [5.74, 6) is 0. The van der Waals surface area contributed by atoms with Crippen LogP contribution in [0.1, 0.15) is 29.7 Å². The summed E-state index contributed by atoms with van der Waals surface area (Å²) >= 11 is 1.85. The number of hydrogen-bond acceptors (Lipinski definition) is 3. The lowest BCUT2D eigenvalue weighted by atomic mass is 10.00. The molecule has 4 heteroatoms. The Morgan fingerprint density at radius 1 is 1.07 bits per heavy atom. The number of hydrogen-bond donors (Lipinski definition) is 0. The van der Waals surface area contributed by atoms with Gasteiger partial charge >= 0.3 is 6.09 Å². The average molecular weight is 375 g/mol. The highest BCUT2D eigenvalue weighted by molar-refractivity contribution is 7.20. The molecule has 3 nitrogen and oxygen atoms in total. The number of benzene rings is 2. The van der Waals surface area contributed by atoms with E-state index in [1.165, 1.54) is 20.5 Å². The van der Waals surface area contributed by atoms with Crippen LogP contribution in [0, 0.1) is 0 Å². The number of amides is 1. The van der Waals surface area contributed by atoms with E-state index in [9.17, 15) is 4.79 Å². The van der Waals surface area contributed by atoms with Crippen LogP contribution in [-0.2, 0) is 11.3 Å². The predicted molar refractivity (Wildman–Crippen MR) is 110 cm³/mol. The second-order valence-electron chi connectivity index (χ2n) is 7.29. The van der Waals surface area contributed by atoms with Crippen molar-refractivity contribution in [2.24, 2.45) is 0 Å². The van der Waals surface area contributed by atoms with Crippen LogP contribution in [0.15, 0.2) is 66.7 Å². The van der Waals surface area contributed by atoms with Gasteiger partial charge in [-0.1, -0.05) is 54.6 Å². The zero-order valence-electron chi connectivity index (χ0n) is 15.0. The largest absolute Gasteiger partial charge is 0.445 e. The Labute approximate surface area is 162 Å². The van der Waals surface area contributed by atoms with Gasteiger partial charge < -0.3 is 4.74 Å². The van der Waals surface area contributed by atoms with Crippen LogP contribution < -0.4 is 0 Å². The van der Waals surface area contributed by atoms with Crippen LogP contribution in [0.4, 0.5) is 4.79 Å². The molecule has 0 N–H and O–H groups in total. The Balaban J connectivity index is 1.33. The summed E-state index contributed by atoms with van der Waals surface area (Å²) in [6.07, 6.45) is 5.11. The lowest BCUT2D eigenvalue weighted by molar-refractivity contribution is 0.0832. The van der Waals surface area contributed by atoms with Crippen LogP contribution >= 0.6 is 11.3 Å². The fraction of sp³-hybridized carbons (Fsp3) is 0.261. The van der Waals surface area contributed by atoms with Crippen molar-refractivity contribution >= 4 is 33.1 Å². The molecule has 3 heterocycles. The second kappa shape index (κ2) is 6.86. The first kappa shape index (κ1) is 16.6. The third kappa shape index (κ3) is 3.15. The highest BCUT2D eigenvalue weighted by Gasteiger charge is 2.40. The van der Waals surface area contributed by atoms with E-state index in [-0.39, 0.29) is 18.2 Å². The van der Waals surface area contributed by atoms with Crippen LogP contribution in [-0.4, -0.2) is 23.1 Å². The molecule has 0 saturated carbocycles. The van der Waals surface area contributed by atoms with Crippen molar-refractivity contribution in [3.05, 3.63) is 77.2 Å². The molecule has 2 unspecified atom stereocenters. The first-order chi connectivity index (χ1) is 13.3. The van der Waals surface area contributed by atoms with Gasteiger partial charge in [-0.15, -0.1) is 11.3 Å². The summed E-state index contributed by atoms with van der Waals surface area (Å²) in [6, 6.07) is 21.1. The normalized spacial score (nSPS) is 21.3. The summed E-state index contributed by atoms with van der Waals surface area (Å²) in [4.78, 5) is 16.0. The minimum absolute atomic E-state index is 0.159. The van der Waals surface area contributed by atoms with Gasteiger partial charge in [0.25, 0.3) is 0 Å². The number of rotatable bonds is 3. The maximum Gasteiger partial charge on any atom is 0.410 e. The Kier molecular flexibility index (Phi) is 4.21. The Morgan fingerprint density at radius 2 is 1.89 bits per heavy atom. The van der Waals surface area contributed by atoms with Crippen molar-refractivity contribution in [3.63, 3.8) is 0 Å². The zero-order chi connectivity index (χ0) is 18.2. The van der Waals surface area contributed by atoms with Crippen molar-refractivity contribution in [1.82, 2.24) is 4.90 Å². The van der Waals surface area contributed by atoms with E-state index < -0.39 is 0 Å². The number of thiophene rings is 1. The smallest absolute Gasteiger partial charge is 0.410 e. The third-order valence-corrected chi connectivity index (χ3v) is 6.75. The lowest BCUT2D eigenvalue weighted by Gasteiger charge is -2.33. The van der Waals surface area contributed by atoms with Gasteiger partial charge in [-0.25, -0.2) is 4.79 Å². The molecule has 0 spiro atoms. The summed E-state index contributed by atoms with van der Waals surface area (Å²) in [6.45, 7) is 0.336. The Bertz CT molecular complexity index is 974. The summed E-state index contributed by atoms with van der Waals surface area (Å²) < 4.78 is 6.92. The molecule has 1 amide bonds. The minimum Gasteiger partial charge on any atom is -0.445 e. The van der Waals surface area contributed by atoms with Crippen molar-refractivity contribution in [1.29, 1.82) is 0 Å². The van der Waals surface area contributed by atoms with E-state index in [1.54, 1.807) is 0 Å². The first-order valence-electron chi connectivity index (χ1n) is 9.46. The van der Waals surface area contributed by atoms with Gasteiger partial charge in [-0.3, -0.25) is 4.90 Å². The molecule has 2 bridgehead atoms. The van der Waals surface area contributed by atoms with Crippen LogP contribution in [0.3, 0.4) is 0 Å². The summed E-state index contributed by atoms with van der Waals surface area (Å²) in [5.41, 5.74) is 2.41. The fourth-order valence-corrected chi connectivity index (χ4v) is 5.33. The molecule has 2 atom stereocenters. The molecule has 0 aliphatic carbocycles. The maximum absolute atomic E-state index is 12.7. The molecule has 1 fully saturated rings. The topological polar surface area (TPSA) is 29.5 Å². The predicted octanol–water partition coefficient (Wildman–Crippen LogP) is 5.86. The molecule has 1 saturated heterocycles. The van der Waals surface area contributed by atoms with Gasteiger partial charge in [0.1, 0.15) is 6.61 Å². The van der Waals surface area contributed by atoms with Crippen molar-refractivity contribution in [2.45, 2.75) is 38.0 Å². The average Bonchev–Trinajstić information content (AvgIpc) is 3.25. The molecule has 3 aromatic rings. The standard InChI is InChI=1S/C23H21NO2S/c25-23(26-15-16-6-2-1-3-7-16)24-19-10-11-20(24)13-18(12-19)22-14-17-8-4-5-9-21(17)27-22/h1-9,12,14,19-20H,10-11,13,15H2. The van der Waals surface area contributed by atoms with Gasteiger partial charge in [0.05, 0.1) is 6.04 Å². The van der Waals surface area contributed by atoms with E-state index in [4.69, 9.17) is 4.74 Å². The Hall–Kier alpha value is -2.59. The van der Waals surface area contributed by atoms with Gasteiger partial charge in [0.2, 0.25) is 0 Å². The van der Waals surface area contributed by atoms with Gasteiger partial charge in [0, 0.05) is 15.6 Å². The van der Waals surface area contributed by atoms with Crippen LogP contribution in [0.2, 0.25) is 0 Å². The van der Waals surface area contributed by atoms with Gasteiger partial charge in [-0.05, 0) is 47.9 Å². The van der Waals surface area contributed by atoms with Crippen molar-refractivity contribution in [2.75, 3.05) is 0 Å². The van der Waals surface area contributed by atoms with E-state index >= 15 is 0 Å². The van der Waals surface area contributed by atoms with E-state index in [0.717, 1.165) is 24.8 Å². The molecule has 0 radical (unpaired) electrons. The highest BCUT2D eigenvalue weighted by atomic mass is 32.1. The molecule has 5 rings (SSSR count). The zero-order valence-corrected chi connectivity index (χ0v) is 15.8. The number of ether oxygens (including phenoxy) is 1. The van der Waals surface area contributed by atoms with Crippen LogP contribution in [0.5, 0.6) is 0 Å². The molecule has 1 aromatic heterocycles. The molecule has 136 valence electrons. The van der Waals surface area contributed by atoms with Gasteiger partial charge in [0.15, 0.2) is 0 Å². The van der Waals surface area contributed by atoms with E-state index in [0.29, 0.717) is 6.61 Å². The number of carbonyl (C=O) groups is 1. The summed E-state index contributed by atoms with van der Waals surface area (Å²) in [7, 11) is 0. The summed E-state index contributed by atoms with van der Waals surface area (Å²) in [5, 5.41) is 1.30. The molecule has 27 heavy (non-hydrogen) atoms. The molecular formula is C23H21NO2S. The van der Waals surface area contributed by atoms with E-state index in [1.807, 2.05) is 46.6 Å². The van der Waals surface area contributed by atoms with Crippen LogP contribution in [0.25, 0.3) is 15.7 Å². The highest BCUT2D eigenvalue weighted by Crippen LogP contribution is 2.41. The number of fused-ring (bicyclic) bond motifs is 3. The lowest BCUT2D eigenvalue weighted by Crippen LogP contribution is -2.43. The maximum atomic E-state index is 12.7. The SMILES string of the molecule is O=C(OCc1ccccc1)N1C2C=C(c3cc4ccccc4s3)CC1CC2. The Morgan fingerprint density at radius 3 is 2.70 bits per heavy atom. The van der Waals surface area contributed by atoms with Crippen molar-refractivity contribution < 1.29 is 9.53 Å². The second-order valence-corrected chi connectivity index (χ2v) is 8.37.